The van der Waals surface area contributed by atoms with Crippen molar-refractivity contribution in [1.29, 1.82) is 0 Å². The molecule has 0 unspecified atom stereocenters. The van der Waals surface area contributed by atoms with Crippen molar-refractivity contribution >= 4 is 33.3 Å². The van der Waals surface area contributed by atoms with Gasteiger partial charge in [-0.25, -0.2) is 18.1 Å². The summed E-state index contributed by atoms with van der Waals surface area (Å²) in [5.41, 5.74) is 1.28. The number of nitrogens with one attached hydrogen (secondary N) is 2. The van der Waals surface area contributed by atoms with Crippen molar-refractivity contribution in [3.8, 4) is 0 Å². The van der Waals surface area contributed by atoms with Gasteiger partial charge in [0.2, 0.25) is 10.0 Å². The molecular weight excluding hydrogens is 552 g/mol. The number of aromatic nitrogens is 1. The summed E-state index contributed by atoms with van der Waals surface area (Å²) in [4.78, 5) is 22.5. The van der Waals surface area contributed by atoms with Gasteiger partial charge in [0.15, 0.2) is 0 Å². The van der Waals surface area contributed by atoms with Crippen LogP contribution in [0.15, 0.2) is 52.9 Å². The highest BCUT2D eigenvalue weighted by molar-refractivity contribution is 7.89. The second-order valence-corrected chi connectivity index (χ2v) is 13.4. The quantitative estimate of drug-likeness (QED) is 0.491. The van der Waals surface area contributed by atoms with Crippen LogP contribution in [0.4, 0.5) is 26.1 Å². The Balaban J connectivity index is 1.24. The van der Waals surface area contributed by atoms with Crippen molar-refractivity contribution in [2.24, 2.45) is 5.41 Å². The number of rotatable bonds is 7. The summed E-state index contributed by atoms with van der Waals surface area (Å²) in [7, 11) is -3.97. The number of halogens is 2. The van der Waals surface area contributed by atoms with Crippen LogP contribution in [0.1, 0.15) is 55.8 Å². The first-order valence-electron chi connectivity index (χ1n) is 14.2. The summed E-state index contributed by atoms with van der Waals surface area (Å²) in [6, 6.07) is 9.37. The van der Waals surface area contributed by atoms with Crippen LogP contribution in [0.5, 0.6) is 0 Å². The Hall–Kier alpha value is -3.09. The molecule has 2 N–H and O–H groups in total. The van der Waals surface area contributed by atoms with Gasteiger partial charge < -0.3 is 19.9 Å². The molecule has 4 aliphatic rings. The number of amides is 1. The lowest BCUT2D eigenvalue weighted by atomic mass is 9.88. The van der Waals surface area contributed by atoms with Crippen LogP contribution in [-0.2, 0) is 14.8 Å². The van der Waals surface area contributed by atoms with Crippen LogP contribution >= 0.6 is 0 Å². The SMILES string of the molecule is C[C@@H]1CN(c2cccc(NC(=O)c3ccc(S(=O)(=O)NC4CC(=C(F)F)C4)cc3N3CCC4(CC3)CC4)n2)CCO1. The predicted molar refractivity (Wildman–Crippen MR) is 152 cm³/mol. The zero-order valence-electron chi connectivity index (χ0n) is 23.0. The van der Waals surface area contributed by atoms with E-state index in [1.54, 1.807) is 6.07 Å². The number of anilines is 3. The lowest BCUT2D eigenvalue weighted by Gasteiger charge is -2.35. The van der Waals surface area contributed by atoms with Crippen LogP contribution in [0.3, 0.4) is 0 Å². The van der Waals surface area contributed by atoms with Crippen LogP contribution in [0, 0.1) is 5.41 Å². The van der Waals surface area contributed by atoms with E-state index in [1.165, 1.54) is 31.0 Å². The number of hydrogen-bond donors (Lipinski definition) is 2. The van der Waals surface area contributed by atoms with Crippen LogP contribution in [-0.4, -0.2) is 64.2 Å². The zero-order valence-corrected chi connectivity index (χ0v) is 23.9. The summed E-state index contributed by atoms with van der Waals surface area (Å²) in [6.45, 7) is 5.49. The number of carbonyl (C=O) groups is 1. The van der Waals surface area contributed by atoms with Gasteiger partial charge in [-0.05, 0) is 86.8 Å². The van der Waals surface area contributed by atoms with Crippen molar-refractivity contribution in [2.45, 2.75) is 62.5 Å². The second-order valence-electron chi connectivity index (χ2n) is 11.7. The van der Waals surface area contributed by atoms with Gasteiger partial charge in [0.25, 0.3) is 12.0 Å². The van der Waals surface area contributed by atoms with E-state index in [2.05, 4.69) is 24.8 Å². The highest BCUT2D eigenvalue weighted by atomic mass is 32.2. The number of piperidine rings is 1. The van der Waals surface area contributed by atoms with Gasteiger partial charge in [0.1, 0.15) is 11.6 Å². The molecule has 1 aromatic heterocycles. The fraction of sp³-hybridized carbons (Fsp3) is 0.517. The average molecular weight is 588 g/mol. The van der Waals surface area contributed by atoms with E-state index in [4.69, 9.17) is 4.74 Å². The average Bonchev–Trinajstić information content (AvgIpc) is 3.69. The summed E-state index contributed by atoms with van der Waals surface area (Å²) < 4.78 is 60.1. The smallest absolute Gasteiger partial charge is 0.269 e. The summed E-state index contributed by atoms with van der Waals surface area (Å²) >= 11 is 0. The molecule has 1 spiro atoms. The normalized spacial score (nSPS) is 23.7. The van der Waals surface area contributed by atoms with E-state index >= 15 is 0 Å². The molecule has 12 heteroatoms. The first-order valence-corrected chi connectivity index (χ1v) is 15.7. The highest BCUT2D eigenvalue weighted by Gasteiger charge is 2.45. The molecule has 2 saturated heterocycles. The van der Waals surface area contributed by atoms with Crippen molar-refractivity contribution < 1.29 is 26.7 Å². The van der Waals surface area contributed by atoms with Gasteiger partial charge in [-0.15, -0.1) is 0 Å². The maximum atomic E-state index is 13.6. The zero-order chi connectivity index (χ0) is 28.8. The molecule has 6 rings (SSSR count). The topological polar surface area (TPSA) is 104 Å². The summed E-state index contributed by atoms with van der Waals surface area (Å²) in [5, 5.41) is 2.91. The van der Waals surface area contributed by atoms with E-state index in [-0.39, 0.29) is 35.3 Å². The Labute approximate surface area is 239 Å². The molecule has 0 radical (unpaired) electrons. The third-order valence-corrected chi connectivity index (χ3v) is 10.3. The Morgan fingerprint density at radius 1 is 1.05 bits per heavy atom. The standard InChI is InChI=1S/C29H35F2N5O4S/c1-19-18-36(13-14-40-19)26-4-2-3-25(32-26)33-28(37)23-6-5-22(41(38,39)34-21-15-20(16-21)27(30)31)17-24(23)35-11-9-29(7-8-29)10-12-35/h2-6,17,19,21,34H,7-16,18H2,1H3,(H,32,33,37)/t19-/m1/s1. The molecule has 2 aromatic rings. The van der Waals surface area contributed by atoms with Gasteiger partial charge in [-0.1, -0.05) is 6.07 Å². The van der Waals surface area contributed by atoms with Gasteiger partial charge in [-0.2, -0.15) is 8.78 Å². The van der Waals surface area contributed by atoms with Crippen LogP contribution in [0.2, 0.25) is 0 Å². The maximum absolute atomic E-state index is 13.6. The molecular formula is C29H35F2N5O4S. The summed E-state index contributed by atoms with van der Waals surface area (Å²) in [6.07, 6.45) is 2.77. The Morgan fingerprint density at radius 2 is 1.80 bits per heavy atom. The Morgan fingerprint density at radius 3 is 2.49 bits per heavy atom. The number of hydrogen-bond acceptors (Lipinski definition) is 7. The van der Waals surface area contributed by atoms with E-state index in [0.717, 1.165) is 31.7 Å². The molecule has 9 nitrogen and oxygen atoms in total. The van der Waals surface area contributed by atoms with Crippen LogP contribution in [0.25, 0.3) is 0 Å². The molecule has 1 atom stereocenters. The highest BCUT2D eigenvalue weighted by Crippen LogP contribution is 2.54. The number of ether oxygens (including phenoxy) is 1. The Kier molecular flexibility index (Phi) is 7.50. The molecule has 3 heterocycles. The Bertz CT molecular complexity index is 1460. The fourth-order valence-corrected chi connectivity index (χ4v) is 7.23. The first kappa shape index (κ1) is 28.0. The largest absolute Gasteiger partial charge is 0.375 e. The lowest BCUT2D eigenvalue weighted by Crippen LogP contribution is -2.41. The monoisotopic (exact) mass is 587 g/mol. The number of benzene rings is 1. The maximum Gasteiger partial charge on any atom is 0.269 e. The number of carbonyl (C=O) groups excluding carboxylic acids is 1. The van der Waals surface area contributed by atoms with Crippen molar-refractivity contribution in [3.63, 3.8) is 0 Å². The second kappa shape index (κ2) is 11.0. The molecule has 1 amide bonds. The lowest BCUT2D eigenvalue weighted by molar-refractivity contribution is 0.0529. The van der Waals surface area contributed by atoms with E-state index < -0.39 is 22.1 Å². The molecule has 1 aromatic carbocycles. The van der Waals surface area contributed by atoms with Crippen molar-refractivity contribution in [1.82, 2.24) is 9.71 Å². The minimum Gasteiger partial charge on any atom is -0.375 e. The fourth-order valence-electron chi connectivity index (χ4n) is 5.97. The van der Waals surface area contributed by atoms with Gasteiger partial charge in [-0.3, -0.25) is 4.79 Å². The predicted octanol–water partition coefficient (Wildman–Crippen LogP) is 4.53. The van der Waals surface area contributed by atoms with E-state index in [1.807, 2.05) is 19.1 Å². The third kappa shape index (κ3) is 6.09. The first-order chi connectivity index (χ1) is 19.6. The number of nitrogens with zero attached hydrogens (tertiary/aromatic N) is 3. The molecule has 2 aliphatic heterocycles. The summed E-state index contributed by atoms with van der Waals surface area (Å²) in [5.74, 6) is 0.773. The number of pyridine rings is 1. The molecule has 4 fully saturated rings. The van der Waals surface area contributed by atoms with Gasteiger partial charge in [0, 0.05) is 32.2 Å². The van der Waals surface area contributed by atoms with E-state index in [9.17, 15) is 22.0 Å². The number of sulfonamides is 1. The minimum absolute atomic E-state index is 0.00144. The molecule has 220 valence electrons. The molecule has 0 bridgehead atoms. The third-order valence-electron chi connectivity index (χ3n) is 8.76. The minimum atomic E-state index is -3.97. The van der Waals surface area contributed by atoms with Gasteiger partial charge >= 0.3 is 0 Å². The van der Waals surface area contributed by atoms with Gasteiger partial charge in [0.05, 0.1) is 28.9 Å². The number of morpholine rings is 1. The van der Waals surface area contributed by atoms with Crippen molar-refractivity contribution in [2.75, 3.05) is 47.9 Å². The molecule has 2 aliphatic carbocycles. The molecule has 41 heavy (non-hydrogen) atoms. The van der Waals surface area contributed by atoms with E-state index in [0.29, 0.717) is 42.2 Å². The molecule has 2 saturated carbocycles. The van der Waals surface area contributed by atoms with Crippen LogP contribution < -0.4 is 19.8 Å². The van der Waals surface area contributed by atoms with Crippen molar-refractivity contribution in [3.05, 3.63) is 53.6 Å².